The zero-order valence-corrected chi connectivity index (χ0v) is 6.82. The number of alkyl halides is 2. The van der Waals surface area contributed by atoms with Crippen molar-refractivity contribution in [2.24, 2.45) is 0 Å². The molecule has 0 aliphatic heterocycles. The van der Waals surface area contributed by atoms with Crippen molar-refractivity contribution in [3.63, 3.8) is 0 Å². The number of rotatable bonds is 3. The molecule has 6 heteroatoms. The standard InChI is InChI=1S/C4H3Cl3O3/c5-3(6)1(8)2(9)4(7)10/h2-3,9H. The molecule has 0 aliphatic rings. The Morgan fingerprint density at radius 3 is 1.80 bits per heavy atom. The Labute approximate surface area is 71.9 Å². The number of carbonyl (C=O) groups is 2. The smallest absolute Gasteiger partial charge is 0.257 e. The second-order valence-electron chi connectivity index (χ2n) is 1.41. The summed E-state index contributed by atoms with van der Waals surface area (Å²) in [5, 5.41) is 7.38. The van der Waals surface area contributed by atoms with Gasteiger partial charge in [-0.05, 0) is 11.6 Å². The highest BCUT2D eigenvalue weighted by molar-refractivity contribution is 6.68. The maximum atomic E-state index is 10.5. The molecular weight excluding hydrogens is 202 g/mol. The van der Waals surface area contributed by atoms with Gasteiger partial charge in [-0.15, -0.1) is 0 Å². The predicted octanol–water partition coefficient (Wildman–Crippen LogP) is 0.485. The van der Waals surface area contributed by atoms with E-state index in [1.807, 2.05) is 0 Å². The molecule has 0 aliphatic carbocycles. The van der Waals surface area contributed by atoms with Gasteiger partial charge in [0.15, 0.2) is 10.9 Å². The Bertz CT molecular complexity index is 156. The van der Waals surface area contributed by atoms with Gasteiger partial charge in [0.2, 0.25) is 5.78 Å². The quantitative estimate of drug-likeness (QED) is 0.414. The van der Waals surface area contributed by atoms with Gasteiger partial charge in [-0.3, -0.25) is 9.59 Å². The molecule has 0 amide bonds. The Kier molecular flexibility index (Phi) is 4.20. The number of aliphatic hydroxyl groups is 1. The molecule has 10 heavy (non-hydrogen) atoms. The van der Waals surface area contributed by atoms with Crippen LogP contribution in [0.2, 0.25) is 0 Å². The van der Waals surface area contributed by atoms with Gasteiger partial charge in [0.25, 0.3) is 5.24 Å². The zero-order chi connectivity index (χ0) is 8.31. The van der Waals surface area contributed by atoms with Crippen molar-refractivity contribution in [3.8, 4) is 0 Å². The molecule has 0 bridgehead atoms. The highest BCUT2D eigenvalue weighted by atomic mass is 35.5. The van der Waals surface area contributed by atoms with Gasteiger partial charge in [-0.25, -0.2) is 0 Å². The molecule has 1 atom stereocenters. The Morgan fingerprint density at radius 1 is 1.30 bits per heavy atom. The maximum absolute atomic E-state index is 10.5. The highest BCUT2D eigenvalue weighted by Gasteiger charge is 2.26. The highest BCUT2D eigenvalue weighted by Crippen LogP contribution is 2.07. The molecule has 0 aromatic carbocycles. The van der Waals surface area contributed by atoms with Gasteiger partial charge < -0.3 is 5.11 Å². The third kappa shape index (κ3) is 2.84. The number of aliphatic hydroxyl groups excluding tert-OH is 1. The van der Waals surface area contributed by atoms with Crippen LogP contribution in [0.4, 0.5) is 0 Å². The lowest BCUT2D eigenvalue weighted by molar-refractivity contribution is -0.133. The van der Waals surface area contributed by atoms with Crippen molar-refractivity contribution < 1.29 is 14.7 Å². The minimum Gasteiger partial charge on any atom is -0.376 e. The second-order valence-corrected chi connectivity index (χ2v) is 2.88. The average Bonchev–Trinajstić information content (AvgIpc) is 1.84. The first-order valence-electron chi connectivity index (χ1n) is 2.16. The van der Waals surface area contributed by atoms with Crippen molar-refractivity contribution in [1.29, 1.82) is 0 Å². The van der Waals surface area contributed by atoms with Crippen LogP contribution in [0.15, 0.2) is 0 Å². The molecule has 0 aromatic rings. The molecule has 1 unspecified atom stereocenters. The molecule has 0 radical (unpaired) electrons. The van der Waals surface area contributed by atoms with Gasteiger partial charge in [0.1, 0.15) is 0 Å². The number of Topliss-reactive ketones (excluding diaryl/α,β-unsaturated/α-hetero) is 1. The summed E-state index contributed by atoms with van der Waals surface area (Å²) in [6.07, 6.45) is -1.92. The molecule has 0 spiro atoms. The molecule has 0 rings (SSSR count). The van der Waals surface area contributed by atoms with Gasteiger partial charge in [-0.1, -0.05) is 23.2 Å². The minimum absolute atomic E-state index is 1.01. The van der Waals surface area contributed by atoms with Crippen molar-refractivity contribution in [3.05, 3.63) is 0 Å². The van der Waals surface area contributed by atoms with Crippen molar-refractivity contribution in [1.82, 2.24) is 0 Å². The fraction of sp³-hybridized carbons (Fsp3) is 0.500. The van der Waals surface area contributed by atoms with E-state index in [9.17, 15) is 9.59 Å². The van der Waals surface area contributed by atoms with E-state index in [0.29, 0.717) is 0 Å². The summed E-state index contributed by atoms with van der Waals surface area (Å²) in [5.74, 6) is -1.01. The Hall–Kier alpha value is 0.170. The van der Waals surface area contributed by atoms with Gasteiger partial charge in [0.05, 0.1) is 0 Å². The molecule has 0 aromatic heterocycles. The van der Waals surface area contributed by atoms with E-state index in [-0.39, 0.29) is 0 Å². The molecular formula is C4H3Cl3O3. The summed E-state index contributed by atoms with van der Waals surface area (Å²) in [6.45, 7) is 0. The molecule has 0 heterocycles. The van der Waals surface area contributed by atoms with E-state index in [2.05, 4.69) is 0 Å². The first-order valence-corrected chi connectivity index (χ1v) is 3.41. The number of carbonyl (C=O) groups excluding carboxylic acids is 2. The molecule has 1 N–H and O–H groups in total. The Morgan fingerprint density at radius 2 is 1.70 bits per heavy atom. The summed E-state index contributed by atoms with van der Waals surface area (Å²) < 4.78 is 0. The lowest BCUT2D eigenvalue weighted by Gasteiger charge is -2.02. The van der Waals surface area contributed by atoms with E-state index in [1.165, 1.54) is 0 Å². The summed E-state index contributed by atoms with van der Waals surface area (Å²) in [7, 11) is 0. The Balaban J connectivity index is 4.08. The maximum Gasteiger partial charge on any atom is 0.257 e. The summed E-state index contributed by atoms with van der Waals surface area (Å²) in [6, 6.07) is 0. The SMILES string of the molecule is O=C(Cl)C(O)C(=O)C(Cl)Cl. The average molecular weight is 205 g/mol. The van der Waals surface area contributed by atoms with Crippen LogP contribution < -0.4 is 0 Å². The van der Waals surface area contributed by atoms with Crippen LogP contribution in [0.1, 0.15) is 0 Å². The van der Waals surface area contributed by atoms with E-state index in [1.54, 1.807) is 0 Å². The zero-order valence-electron chi connectivity index (χ0n) is 4.55. The van der Waals surface area contributed by atoms with Gasteiger partial charge in [-0.2, -0.15) is 0 Å². The van der Waals surface area contributed by atoms with E-state index < -0.39 is 22.0 Å². The number of halogens is 3. The van der Waals surface area contributed by atoms with E-state index in [4.69, 9.17) is 39.9 Å². The minimum atomic E-state index is -1.92. The molecule has 3 nitrogen and oxygen atoms in total. The second kappa shape index (κ2) is 4.13. The molecule has 58 valence electrons. The van der Waals surface area contributed by atoms with Crippen LogP contribution >= 0.6 is 34.8 Å². The fourth-order valence-corrected chi connectivity index (χ4v) is 0.577. The van der Waals surface area contributed by atoms with Crippen LogP contribution in [0.25, 0.3) is 0 Å². The van der Waals surface area contributed by atoms with Crippen LogP contribution in [-0.2, 0) is 9.59 Å². The lowest BCUT2D eigenvalue weighted by Crippen LogP contribution is -2.30. The van der Waals surface area contributed by atoms with Crippen LogP contribution in [0, 0.1) is 0 Å². The van der Waals surface area contributed by atoms with Crippen molar-refractivity contribution >= 4 is 45.8 Å². The molecule has 0 fully saturated rings. The molecule has 0 saturated heterocycles. The van der Waals surface area contributed by atoms with Gasteiger partial charge in [0, 0.05) is 0 Å². The fourth-order valence-electron chi connectivity index (χ4n) is 0.231. The largest absolute Gasteiger partial charge is 0.376 e. The summed E-state index contributed by atoms with van der Waals surface area (Å²) >= 11 is 14.8. The summed E-state index contributed by atoms with van der Waals surface area (Å²) in [5.41, 5.74) is 0. The molecule has 0 saturated carbocycles. The third-order valence-corrected chi connectivity index (χ3v) is 1.34. The van der Waals surface area contributed by atoms with E-state index in [0.717, 1.165) is 0 Å². The van der Waals surface area contributed by atoms with Crippen molar-refractivity contribution in [2.45, 2.75) is 10.9 Å². The van der Waals surface area contributed by atoms with E-state index >= 15 is 0 Å². The first-order chi connectivity index (χ1) is 4.46. The monoisotopic (exact) mass is 204 g/mol. The predicted molar refractivity (Wildman–Crippen MR) is 37.4 cm³/mol. The van der Waals surface area contributed by atoms with Crippen molar-refractivity contribution in [2.75, 3.05) is 0 Å². The normalized spacial score (nSPS) is 13.3. The number of ketones is 1. The van der Waals surface area contributed by atoms with Crippen LogP contribution in [0.5, 0.6) is 0 Å². The van der Waals surface area contributed by atoms with Crippen LogP contribution in [-0.4, -0.2) is 27.1 Å². The lowest BCUT2D eigenvalue weighted by atomic mass is 10.3. The third-order valence-electron chi connectivity index (χ3n) is 0.700. The summed E-state index contributed by atoms with van der Waals surface area (Å²) in [4.78, 5) is 19.1. The number of hydrogen-bond donors (Lipinski definition) is 1. The topological polar surface area (TPSA) is 54.4 Å². The van der Waals surface area contributed by atoms with Crippen LogP contribution in [0.3, 0.4) is 0 Å². The first kappa shape index (κ1) is 10.2. The van der Waals surface area contributed by atoms with Gasteiger partial charge >= 0.3 is 0 Å². The number of hydrogen-bond acceptors (Lipinski definition) is 3.